The van der Waals surface area contributed by atoms with Crippen molar-refractivity contribution in [2.75, 3.05) is 24.2 Å². The number of para-hydroxylation sites is 1. The third-order valence-corrected chi connectivity index (χ3v) is 2.64. The van der Waals surface area contributed by atoms with E-state index < -0.39 is 0 Å². The standard InChI is InChI=1S/C12H18N2O/c1-2-15-11-5-3-4-10(12(11)13)14-8-9-6-7-9/h3-5,9,14H,2,6-8,13H2,1H3. The molecule has 1 aromatic carbocycles. The highest BCUT2D eigenvalue weighted by atomic mass is 16.5. The van der Waals surface area contributed by atoms with Gasteiger partial charge in [0.1, 0.15) is 5.75 Å². The van der Waals surface area contributed by atoms with Crippen molar-refractivity contribution in [2.24, 2.45) is 5.92 Å². The molecule has 3 N–H and O–H groups in total. The molecule has 0 saturated heterocycles. The number of nitrogen functional groups attached to an aromatic ring is 1. The normalized spacial score (nSPS) is 15.0. The summed E-state index contributed by atoms with van der Waals surface area (Å²) < 4.78 is 5.43. The van der Waals surface area contributed by atoms with Crippen molar-refractivity contribution in [2.45, 2.75) is 19.8 Å². The van der Waals surface area contributed by atoms with Crippen LogP contribution in [0.2, 0.25) is 0 Å². The Balaban J connectivity index is 2.04. The number of nitrogens with one attached hydrogen (secondary N) is 1. The monoisotopic (exact) mass is 206 g/mol. The molecule has 0 bridgehead atoms. The van der Waals surface area contributed by atoms with Gasteiger partial charge in [0.25, 0.3) is 0 Å². The van der Waals surface area contributed by atoms with E-state index in [0.717, 1.165) is 29.6 Å². The fourth-order valence-electron chi connectivity index (χ4n) is 1.56. The average Bonchev–Trinajstić information content (AvgIpc) is 3.03. The van der Waals surface area contributed by atoms with E-state index in [1.54, 1.807) is 0 Å². The molecule has 1 saturated carbocycles. The van der Waals surface area contributed by atoms with Gasteiger partial charge >= 0.3 is 0 Å². The van der Waals surface area contributed by atoms with Crippen molar-refractivity contribution in [3.05, 3.63) is 18.2 Å². The molecule has 0 amide bonds. The van der Waals surface area contributed by atoms with E-state index in [0.29, 0.717) is 6.61 Å². The van der Waals surface area contributed by atoms with Crippen molar-refractivity contribution in [3.8, 4) is 5.75 Å². The highest BCUT2D eigenvalue weighted by molar-refractivity contribution is 5.72. The first-order valence-corrected chi connectivity index (χ1v) is 5.56. The van der Waals surface area contributed by atoms with Gasteiger partial charge in [-0.2, -0.15) is 0 Å². The topological polar surface area (TPSA) is 47.3 Å². The van der Waals surface area contributed by atoms with Gasteiger partial charge in [0.2, 0.25) is 0 Å². The van der Waals surface area contributed by atoms with Crippen molar-refractivity contribution < 1.29 is 4.74 Å². The molecule has 1 fully saturated rings. The third kappa shape index (κ3) is 2.55. The van der Waals surface area contributed by atoms with Crippen molar-refractivity contribution in [1.82, 2.24) is 0 Å². The third-order valence-electron chi connectivity index (χ3n) is 2.64. The number of nitrogens with two attached hydrogens (primary N) is 1. The van der Waals surface area contributed by atoms with Crippen LogP contribution in [0.25, 0.3) is 0 Å². The zero-order valence-corrected chi connectivity index (χ0v) is 9.12. The highest BCUT2D eigenvalue weighted by Gasteiger charge is 2.21. The van der Waals surface area contributed by atoms with E-state index in [2.05, 4.69) is 5.32 Å². The van der Waals surface area contributed by atoms with E-state index in [1.807, 2.05) is 25.1 Å². The molecule has 0 radical (unpaired) electrons. The van der Waals surface area contributed by atoms with Crippen LogP contribution < -0.4 is 15.8 Å². The van der Waals surface area contributed by atoms with E-state index in [-0.39, 0.29) is 0 Å². The summed E-state index contributed by atoms with van der Waals surface area (Å²) in [6.45, 7) is 3.64. The van der Waals surface area contributed by atoms with Crippen LogP contribution in [0.4, 0.5) is 11.4 Å². The second-order valence-electron chi connectivity index (χ2n) is 3.97. The van der Waals surface area contributed by atoms with E-state index >= 15 is 0 Å². The van der Waals surface area contributed by atoms with Gasteiger partial charge in [-0.3, -0.25) is 0 Å². The molecule has 2 rings (SSSR count). The van der Waals surface area contributed by atoms with E-state index in [1.165, 1.54) is 12.8 Å². The molecule has 1 aromatic rings. The maximum absolute atomic E-state index is 5.99. The van der Waals surface area contributed by atoms with Crippen molar-refractivity contribution in [1.29, 1.82) is 0 Å². The summed E-state index contributed by atoms with van der Waals surface area (Å²) >= 11 is 0. The van der Waals surface area contributed by atoms with Crippen LogP contribution in [-0.4, -0.2) is 13.2 Å². The minimum atomic E-state index is 0.649. The lowest BCUT2D eigenvalue weighted by molar-refractivity contribution is 0.342. The lowest BCUT2D eigenvalue weighted by atomic mass is 10.2. The Morgan fingerprint density at radius 3 is 2.93 bits per heavy atom. The van der Waals surface area contributed by atoms with Gasteiger partial charge in [-0.15, -0.1) is 0 Å². The predicted octanol–water partition coefficient (Wildman–Crippen LogP) is 2.49. The minimum absolute atomic E-state index is 0.649. The van der Waals surface area contributed by atoms with Crippen LogP contribution in [-0.2, 0) is 0 Å². The van der Waals surface area contributed by atoms with Crippen LogP contribution in [0.15, 0.2) is 18.2 Å². The smallest absolute Gasteiger partial charge is 0.144 e. The van der Waals surface area contributed by atoms with E-state index in [4.69, 9.17) is 10.5 Å². The number of anilines is 2. The van der Waals surface area contributed by atoms with Crippen LogP contribution in [0.1, 0.15) is 19.8 Å². The maximum atomic E-state index is 5.99. The van der Waals surface area contributed by atoms with E-state index in [9.17, 15) is 0 Å². The summed E-state index contributed by atoms with van der Waals surface area (Å²) in [6, 6.07) is 5.87. The first-order chi connectivity index (χ1) is 7.31. The molecule has 0 atom stereocenters. The highest BCUT2D eigenvalue weighted by Crippen LogP contribution is 2.32. The molecule has 0 unspecified atom stereocenters. The summed E-state index contributed by atoms with van der Waals surface area (Å²) in [5.41, 5.74) is 7.70. The zero-order valence-electron chi connectivity index (χ0n) is 9.12. The van der Waals surface area contributed by atoms with Crippen LogP contribution in [0, 0.1) is 5.92 Å². The summed E-state index contributed by atoms with van der Waals surface area (Å²) in [5, 5.41) is 3.37. The molecule has 0 aliphatic heterocycles. The summed E-state index contributed by atoms with van der Waals surface area (Å²) in [4.78, 5) is 0. The molecule has 3 nitrogen and oxygen atoms in total. The Hall–Kier alpha value is -1.38. The maximum Gasteiger partial charge on any atom is 0.144 e. The Kier molecular flexibility index (Phi) is 2.99. The number of hydrogen-bond acceptors (Lipinski definition) is 3. The Morgan fingerprint density at radius 2 is 2.27 bits per heavy atom. The summed E-state index contributed by atoms with van der Waals surface area (Å²) in [6.07, 6.45) is 2.69. The predicted molar refractivity (Wildman–Crippen MR) is 63.2 cm³/mol. The number of benzene rings is 1. The molecule has 1 aliphatic carbocycles. The van der Waals surface area contributed by atoms with Gasteiger partial charge < -0.3 is 15.8 Å². The summed E-state index contributed by atoms with van der Waals surface area (Å²) in [7, 11) is 0. The quantitative estimate of drug-likeness (QED) is 0.728. The van der Waals surface area contributed by atoms with Crippen LogP contribution >= 0.6 is 0 Å². The van der Waals surface area contributed by atoms with Crippen molar-refractivity contribution >= 4 is 11.4 Å². The average molecular weight is 206 g/mol. The van der Waals surface area contributed by atoms with Gasteiger partial charge in [-0.05, 0) is 37.8 Å². The second-order valence-corrected chi connectivity index (χ2v) is 3.97. The fourth-order valence-corrected chi connectivity index (χ4v) is 1.56. The van der Waals surface area contributed by atoms with Crippen molar-refractivity contribution in [3.63, 3.8) is 0 Å². The largest absolute Gasteiger partial charge is 0.492 e. The molecular formula is C12H18N2O. The van der Waals surface area contributed by atoms with Crippen LogP contribution in [0.5, 0.6) is 5.75 Å². The molecule has 82 valence electrons. The van der Waals surface area contributed by atoms with Gasteiger partial charge in [-0.25, -0.2) is 0 Å². The Bertz CT molecular complexity index is 334. The molecule has 0 aromatic heterocycles. The number of ether oxygens (including phenoxy) is 1. The van der Waals surface area contributed by atoms with Gasteiger partial charge in [0.15, 0.2) is 0 Å². The molecule has 0 heterocycles. The first kappa shape index (κ1) is 10.1. The van der Waals surface area contributed by atoms with Crippen LogP contribution in [0.3, 0.4) is 0 Å². The van der Waals surface area contributed by atoms with Gasteiger partial charge in [0, 0.05) is 6.54 Å². The van der Waals surface area contributed by atoms with Gasteiger partial charge in [0.05, 0.1) is 18.0 Å². The molecule has 1 aliphatic rings. The number of hydrogen-bond donors (Lipinski definition) is 2. The molecule has 15 heavy (non-hydrogen) atoms. The zero-order chi connectivity index (χ0) is 10.7. The first-order valence-electron chi connectivity index (χ1n) is 5.56. The van der Waals surface area contributed by atoms with Gasteiger partial charge in [-0.1, -0.05) is 6.07 Å². The lowest BCUT2D eigenvalue weighted by Crippen LogP contribution is -2.07. The minimum Gasteiger partial charge on any atom is -0.492 e. The Morgan fingerprint density at radius 1 is 1.47 bits per heavy atom. The fraction of sp³-hybridized carbons (Fsp3) is 0.500. The Labute approximate surface area is 90.6 Å². The number of rotatable bonds is 5. The SMILES string of the molecule is CCOc1cccc(NCC2CC2)c1N. The lowest BCUT2D eigenvalue weighted by Gasteiger charge is -2.12. The molecule has 3 heteroatoms. The molecule has 0 spiro atoms. The molecular weight excluding hydrogens is 188 g/mol. The second kappa shape index (κ2) is 4.43. The summed E-state index contributed by atoms with van der Waals surface area (Å²) in [5.74, 6) is 1.62.